The first kappa shape index (κ1) is 14.5. The standard InChI is InChI=1S/C14H12FN3O3S/c15-9-4-3-5-10(8-9)16-14(19)13-17-11-6-1-2-7-12(11)22(20,21)18-13/h1-8,13,17-18H,(H,16,19). The SMILES string of the molecule is O=C(Nc1cccc(F)c1)C1Nc2ccccc2S(=O)(=O)N1. The van der Waals surface area contributed by atoms with Crippen LogP contribution >= 0.6 is 0 Å². The minimum atomic E-state index is -3.78. The Kier molecular flexibility index (Phi) is 3.55. The molecule has 1 aliphatic heterocycles. The smallest absolute Gasteiger partial charge is 0.262 e. The summed E-state index contributed by atoms with van der Waals surface area (Å²) in [6.45, 7) is 0. The summed E-state index contributed by atoms with van der Waals surface area (Å²) in [5.74, 6) is -1.14. The predicted molar refractivity (Wildman–Crippen MR) is 79.2 cm³/mol. The number of anilines is 2. The number of benzene rings is 2. The van der Waals surface area contributed by atoms with Crippen molar-refractivity contribution < 1.29 is 17.6 Å². The van der Waals surface area contributed by atoms with Gasteiger partial charge in [-0.15, -0.1) is 0 Å². The fourth-order valence-electron chi connectivity index (χ4n) is 2.12. The molecule has 2 aromatic rings. The lowest BCUT2D eigenvalue weighted by Crippen LogP contribution is -2.51. The molecule has 1 heterocycles. The molecule has 3 rings (SSSR count). The van der Waals surface area contributed by atoms with Crippen LogP contribution in [-0.4, -0.2) is 20.5 Å². The molecule has 0 fully saturated rings. The molecule has 0 spiro atoms. The Morgan fingerprint density at radius 1 is 1.14 bits per heavy atom. The van der Waals surface area contributed by atoms with Gasteiger partial charge in [-0.3, -0.25) is 4.79 Å². The van der Waals surface area contributed by atoms with E-state index in [1.807, 2.05) is 0 Å². The van der Waals surface area contributed by atoms with E-state index in [4.69, 9.17) is 0 Å². The van der Waals surface area contributed by atoms with Crippen LogP contribution in [-0.2, 0) is 14.8 Å². The highest BCUT2D eigenvalue weighted by Crippen LogP contribution is 2.25. The number of nitrogens with one attached hydrogen (secondary N) is 3. The minimum absolute atomic E-state index is 0.0739. The van der Waals surface area contributed by atoms with Crippen LogP contribution in [0.4, 0.5) is 15.8 Å². The molecule has 3 N–H and O–H groups in total. The Bertz CT molecular complexity index is 839. The number of sulfonamides is 1. The van der Waals surface area contributed by atoms with Crippen molar-refractivity contribution >= 4 is 27.3 Å². The third-order valence-corrected chi connectivity index (χ3v) is 4.58. The van der Waals surface area contributed by atoms with Crippen molar-refractivity contribution in [3.05, 3.63) is 54.3 Å². The molecule has 6 nitrogen and oxygen atoms in total. The van der Waals surface area contributed by atoms with Crippen molar-refractivity contribution in [1.29, 1.82) is 0 Å². The van der Waals surface area contributed by atoms with Crippen LogP contribution in [0, 0.1) is 5.82 Å². The molecule has 0 aliphatic carbocycles. The van der Waals surface area contributed by atoms with Crippen molar-refractivity contribution in [2.24, 2.45) is 0 Å². The van der Waals surface area contributed by atoms with Gasteiger partial charge in [0.05, 0.1) is 5.69 Å². The second-order valence-corrected chi connectivity index (χ2v) is 6.38. The molecule has 0 saturated carbocycles. The zero-order chi connectivity index (χ0) is 15.7. The van der Waals surface area contributed by atoms with Gasteiger partial charge in [-0.05, 0) is 30.3 Å². The van der Waals surface area contributed by atoms with E-state index in [0.29, 0.717) is 5.69 Å². The molecule has 8 heteroatoms. The van der Waals surface area contributed by atoms with E-state index >= 15 is 0 Å². The quantitative estimate of drug-likeness (QED) is 0.782. The van der Waals surface area contributed by atoms with Crippen LogP contribution in [0.1, 0.15) is 0 Å². The predicted octanol–water partition coefficient (Wildman–Crippen LogP) is 1.49. The Morgan fingerprint density at radius 2 is 1.91 bits per heavy atom. The molecule has 1 atom stereocenters. The normalized spacial score (nSPS) is 18.9. The maximum Gasteiger partial charge on any atom is 0.262 e. The van der Waals surface area contributed by atoms with Crippen molar-refractivity contribution in [3.8, 4) is 0 Å². The number of hydrogen-bond donors (Lipinski definition) is 3. The first-order valence-corrected chi connectivity index (χ1v) is 7.88. The third-order valence-electron chi connectivity index (χ3n) is 3.10. The van der Waals surface area contributed by atoms with Crippen LogP contribution in [0.2, 0.25) is 0 Å². The van der Waals surface area contributed by atoms with E-state index in [-0.39, 0.29) is 10.6 Å². The van der Waals surface area contributed by atoms with Crippen molar-refractivity contribution in [2.75, 3.05) is 10.6 Å². The van der Waals surface area contributed by atoms with E-state index < -0.39 is 27.9 Å². The van der Waals surface area contributed by atoms with Gasteiger partial charge in [0.15, 0.2) is 6.17 Å². The molecule has 0 bridgehead atoms. The van der Waals surface area contributed by atoms with Gasteiger partial charge in [0, 0.05) is 5.69 Å². The van der Waals surface area contributed by atoms with E-state index in [1.54, 1.807) is 18.2 Å². The monoisotopic (exact) mass is 321 g/mol. The van der Waals surface area contributed by atoms with Gasteiger partial charge in [-0.25, -0.2) is 12.8 Å². The Morgan fingerprint density at radius 3 is 2.68 bits per heavy atom. The van der Waals surface area contributed by atoms with Gasteiger partial charge in [0.1, 0.15) is 10.7 Å². The summed E-state index contributed by atoms with van der Waals surface area (Å²) < 4.78 is 39.5. The lowest BCUT2D eigenvalue weighted by molar-refractivity contribution is -0.117. The van der Waals surface area contributed by atoms with Gasteiger partial charge in [-0.1, -0.05) is 18.2 Å². The van der Waals surface area contributed by atoms with Crippen LogP contribution < -0.4 is 15.4 Å². The minimum Gasteiger partial charge on any atom is -0.360 e. The van der Waals surface area contributed by atoms with Crippen molar-refractivity contribution in [1.82, 2.24) is 4.72 Å². The molecule has 114 valence electrons. The zero-order valence-corrected chi connectivity index (χ0v) is 12.0. The first-order chi connectivity index (χ1) is 10.5. The van der Waals surface area contributed by atoms with Crippen molar-refractivity contribution in [3.63, 3.8) is 0 Å². The molecule has 1 aliphatic rings. The molecule has 1 amide bonds. The number of carbonyl (C=O) groups excluding carboxylic acids is 1. The number of para-hydroxylation sites is 1. The van der Waals surface area contributed by atoms with E-state index in [0.717, 1.165) is 6.07 Å². The average Bonchev–Trinajstić information content (AvgIpc) is 2.46. The summed E-state index contributed by atoms with van der Waals surface area (Å²) in [5.41, 5.74) is 0.575. The Hall–Kier alpha value is -2.45. The number of amides is 1. The number of halogens is 1. The lowest BCUT2D eigenvalue weighted by atomic mass is 10.3. The molecular weight excluding hydrogens is 309 g/mol. The molecule has 0 aromatic heterocycles. The number of carbonyl (C=O) groups is 1. The summed E-state index contributed by atoms with van der Waals surface area (Å²) in [4.78, 5) is 12.2. The van der Waals surface area contributed by atoms with E-state index in [2.05, 4.69) is 15.4 Å². The highest BCUT2D eigenvalue weighted by atomic mass is 32.2. The zero-order valence-electron chi connectivity index (χ0n) is 11.2. The summed E-state index contributed by atoms with van der Waals surface area (Å²) in [6, 6.07) is 11.6. The first-order valence-electron chi connectivity index (χ1n) is 6.40. The summed E-state index contributed by atoms with van der Waals surface area (Å²) in [5, 5.41) is 5.24. The van der Waals surface area contributed by atoms with Crippen LogP contribution in [0.15, 0.2) is 53.4 Å². The largest absolute Gasteiger partial charge is 0.360 e. The van der Waals surface area contributed by atoms with Gasteiger partial charge in [0.2, 0.25) is 10.0 Å². The average molecular weight is 321 g/mol. The molecule has 1 unspecified atom stereocenters. The molecule has 0 radical (unpaired) electrons. The van der Waals surface area contributed by atoms with E-state index in [9.17, 15) is 17.6 Å². The fourth-order valence-corrected chi connectivity index (χ4v) is 3.40. The number of rotatable bonds is 2. The maximum absolute atomic E-state index is 13.1. The van der Waals surface area contributed by atoms with Crippen molar-refractivity contribution in [2.45, 2.75) is 11.1 Å². The van der Waals surface area contributed by atoms with Crippen LogP contribution in [0.5, 0.6) is 0 Å². The number of fused-ring (bicyclic) bond motifs is 1. The van der Waals surface area contributed by atoms with Gasteiger partial charge in [-0.2, -0.15) is 4.72 Å². The van der Waals surface area contributed by atoms with E-state index in [1.165, 1.54) is 24.3 Å². The summed E-state index contributed by atoms with van der Waals surface area (Å²) >= 11 is 0. The second kappa shape index (κ2) is 5.39. The van der Waals surface area contributed by atoms with Gasteiger partial charge >= 0.3 is 0 Å². The summed E-state index contributed by atoms with van der Waals surface area (Å²) in [7, 11) is -3.78. The van der Waals surface area contributed by atoms with Gasteiger partial charge < -0.3 is 10.6 Å². The lowest BCUT2D eigenvalue weighted by Gasteiger charge is -2.27. The molecule has 2 aromatic carbocycles. The Labute approximate surface area is 126 Å². The fraction of sp³-hybridized carbons (Fsp3) is 0.0714. The second-order valence-electron chi connectivity index (χ2n) is 4.69. The Balaban J connectivity index is 1.84. The molecule has 0 saturated heterocycles. The van der Waals surface area contributed by atoms with Crippen LogP contribution in [0.3, 0.4) is 0 Å². The topological polar surface area (TPSA) is 87.3 Å². The highest BCUT2D eigenvalue weighted by molar-refractivity contribution is 7.89. The molecular formula is C14H12FN3O3S. The third kappa shape index (κ3) is 2.78. The van der Waals surface area contributed by atoms with Gasteiger partial charge in [0.25, 0.3) is 5.91 Å². The highest BCUT2D eigenvalue weighted by Gasteiger charge is 2.32. The molecule has 22 heavy (non-hydrogen) atoms. The maximum atomic E-state index is 13.1. The van der Waals surface area contributed by atoms with Crippen LogP contribution in [0.25, 0.3) is 0 Å². The summed E-state index contributed by atoms with van der Waals surface area (Å²) in [6.07, 6.45) is -1.18. The number of hydrogen-bond acceptors (Lipinski definition) is 4.